The van der Waals surface area contributed by atoms with E-state index in [-0.39, 0.29) is 41.0 Å². The van der Waals surface area contributed by atoms with Gasteiger partial charge in [0.15, 0.2) is 0 Å². The maximum atomic E-state index is 12.3. The summed E-state index contributed by atoms with van der Waals surface area (Å²) in [5.41, 5.74) is 0.338. The quantitative estimate of drug-likeness (QED) is 0.153. The van der Waals surface area contributed by atoms with Gasteiger partial charge in [0.25, 0.3) is 11.6 Å². The van der Waals surface area contributed by atoms with Gasteiger partial charge in [-0.15, -0.1) is 11.8 Å². The lowest BCUT2D eigenvalue weighted by atomic mass is 10.1. The average Bonchev–Trinajstić information content (AvgIpc) is 2.70. The zero-order valence-corrected chi connectivity index (χ0v) is 16.8. The number of benzene rings is 1. The second-order valence-electron chi connectivity index (χ2n) is 6.45. The van der Waals surface area contributed by atoms with Crippen molar-refractivity contribution in [1.29, 1.82) is 5.41 Å². The molecule has 2 heterocycles. The van der Waals surface area contributed by atoms with Gasteiger partial charge in [-0.3, -0.25) is 30.0 Å². The summed E-state index contributed by atoms with van der Waals surface area (Å²) in [4.78, 5) is 46.9. The number of β-lactam (4-membered cyclic amide) rings is 1. The van der Waals surface area contributed by atoms with Crippen LogP contribution in [0.1, 0.15) is 5.56 Å². The van der Waals surface area contributed by atoms with E-state index in [1.807, 2.05) is 0 Å². The molecule has 11 nitrogen and oxygen atoms in total. The van der Waals surface area contributed by atoms with Crippen LogP contribution in [0.15, 0.2) is 35.0 Å². The van der Waals surface area contributed by atoms with E-state index in [0.717, 1.165) is 4.90 Å². The zero-order chi connectivity index (χ0) is 22.0. The summed E-state index contributed by atoms with van der Waals surface area (Å²) in [6.45, 7) is -0.255. The van der Waals surface area contributed by atoms with Crippen LogP contribution in [0.3, 0.4) is 0 Å². The molecule has 1 aromatic carbocycles. The molecule has 2 aliphatic heterocycles. The molecule has 1 saturated heterocycles. The summed E-state index contributed by atoms with van der Waals surface area (Å²) in [6, 6.07) is 4.84. The molecule has 0 aliphatic carbocycles. The number of amidine groups is 1. The highest BCUT2D eigenvalue weighted by Crippen LogP contribution is 2.41. The lowest BCUT2D eigenvalue weighted by molar-refractivity contribution is -0.384. The van der Waals surface area contributed by atoms with Crippen molar-refractivity contribution in [3.8, 4) is 0 Å². The van der Waals surface area contributed by atoms with Gasteiger partial charge in [-0.25, -0.2) is 4.79 Å². The number of thioether (sulfide) groups is 1. The molecule has 1 unspecified atom stereocenters. The Hall–Kier alpha value is -3.12. The van der Waals surface area contributed by atoms with Gasteiger partial charge < -0.3 is 15.7 Å². The molecule has 2 aliphatic rings. The molecule has 0 radical (unpaired) electrons. The topological polar surface area (TPSA) is 166 Å². The Morgan fingerprint density at radius 1 is 1.37 bits per heavy atom. The maximum absolute atomic E-state index is 12.3. The number of nitrogens with zero attached hydrogens (tertiary/aromatic N) is 2. The smallest absolute Gasteiger partial charge is 0.353 e. The van der Waals surface area contributed by atoms with Crippen LogP contribution >= 0.6 is 23.4 Å². The fraction of sp³-hybridized carbons (Fsp3) is 0.294. The number of hydrogen-bond donors (Lipinski definition) is 4. The highest BCUT2D eigenvalue weighted by atomic mass is 35.5. The summed E-state index contributed by atoms with van der Waals surface area (Å²) < 4.78 is 0. The number of nitrogens with one attached hydrogen (secondary N) is 3. The van der Waals surface area contributed by atoms with E-state index in [1.165, 1.54) is 36.0 Å². The molecular formula is C17H16ClN5O6S. The van der Waals surface area contributed by atoms with Crippen LogP contribution in [0, 0.1) is 15.5 Å². The number of carbonyl (C=O) groups excluding carboxylic acids is 2. The molecule has 3 rings (SSSR count). The third-order valence-electron chi connectivity index (χ3n) is 4.43. The number of nitro benzene ring substituents is 1. The molecule has 0 spiro atoms. The summed E-state index contributed by atoms with van der Waals surface area (Å²) in [5.74, 6) is -2.14. The molecule has 0 saturated carbocycles. The first-order chi connectivity index (χ1) is 14.2. The van der Waals surface area contributed by atoms with Crippen LogP contribution in [-0.4, -0.2) is 62.3 Å². The van der Waals surface area contributed by atoms with Crippen molar-refractivity contribution in [2.24, 2.45) is 0 Å². The first-order valence-corrected chi connectivity index (χ1v) is 10.0. The van der Waals surface area contributed by atoms with Gasteiger partial charge in [0.2, 0.25) is 5.91 Å². The first-order valence-electron chi connectivity index (χ1n) is 8.59. The van der Waals surface area contributed by atoms with Gasteiger partial charge in [-0.05, 0) is 5.56 Å². The van der Waals surface area contributed by atoms with Crippen LogP contribution in [0.4, 0.5) is 5.69 Å². The Balaban J connectivity index is 1.48. The fourth-order valence-electron chi connectivity index (χ4n) is 3.00. The van der Waals surface area contributed by atoms with E-state index < -0.39 is 34.1 Å². The Kier molecular flexibility index (Phi) is 6.27. The molecule has 1 aromatic rings. The molecule has 158 valence electrons. The van der Waals surface area contributed by atoms with E-state index in [2.05, 4.69) is 10.6 Å². The number of hydrogen-bond acceptors (Lipinski definition) is 7. The van der Waals surface area contributed by atoms with E-state index in [9.17, 15) is 29.6 Å². The molecule has 0 bridgehead atoms. The van der Waals surface area contributed by atoms with E-state index in [4.69, 9.17) is 17.0 Å². The third-order valence-corrected chi connectivity index (χ3v) is 6.18. The van der Waals surface area contributed by atoms with Crippen molar-refractivity contribution < 1.29 is 24.4 Å². The van der Waals surface area contributed by atoms with Gasteiger partial charge in [0.05, 0.1) is 22.3 Å². The number of carboxylic acid groups (broad SMARTS) is 1. The minimum Gasteiger partial charge on any atom is -0.477 e. The molecule has 2 amide bonds. The standard InChI is InChI=1S/C17H16ClN5O6S/c18-10-7-30-16-13(15(25)22(16)14(10)17(26)27)21-12(24)6-20-11(19)5-8-1-3-9(4-2-8)23(28)29/h1-4,13,16H,5-7H2,(H2,19,20)(H,21,24)(H,26,27)/t13?,16-/m0/s1. The number of carbonyl (C=O) groups is 3. The average molecular weight is 454 g/mol. The monoisotopic (exact) mass is 453 g/mol. The zero-order valence-electron chi connectivity index (χ0n) is 15.3. The highest BCUT2D eigenvalue weighted by Gasteiger charge is 2.54. The van der Waals surface area contributed by atoms with E-state index in [1.54, 1.807) is 0 Å². The van der Waals surface area contributed by atoms with Crippen molar-refractivity contribution in [2.75, 3.05) is 12.3 Å². The van der Waals surface area contributed by atoms with E-state index >= 15 is 0 Å². The number of carboxylic acids is 1. The number of amides is 2. The van der Waals surface area contributed by atoms with Crippen LogP contribution < -0.4 is 10.6 Å². The third kappa shape index (κ3) is 4.39. The number of nitro groups is 1. The molecule has 4 N–H and O–H groups in total. The molecule has 1 fully saturated rings. The summed E-state index contributed by atoms with van der Waals surface area (Å²) >= 11 is 7.15. The largest absolute Gasteiger partial charge is 0.477 e. The number of aliphatic carboxylic acids is 1. The summed E-state index contributed by atoms with van der Waals surface area (Å²) in [6.07, 6.45) is 0.144. The maximum Gasteiger partial charge on any atom is 0.353 e. The minimum absolute atomic E-state index is 0.0236. The Labute approximate surface area is 179 Å². The lowest BCUT2D eigenvalue weighted by Crippen LogP contribution is -2.70. The lowest BCUT2D eigenvalue weighted by Gasteiger charge is -2.48. The van der Waals surface area contributed by atoms with Crippen LogP contribution in [0.5, 0.6) is 0 Å². The fourth-order valence-corrected chi connectivity index (χ4v) is 4.55. The van der Waals surface area contributed by atoms with Gasteiger partial charge in [-0.1, -0.05) is 23.7 Å². The normalized spacial score (nSPS) is 20.2. The highest BCUT2D eigenvalue weighted by molar-refractivity contribution is 8.00. The second kappa shape index (κ2) is 8.71. The Morgan fingerprint density at radius 2 is 2.03 bits per heavy atom. The number of halogens is 1. The molecule has 30 heavy (non-hydrogen) atoms. The van der Waals surface area contributed by atoms with Crippen molar-refractivity contribution in [1.82, 2.24) is 15.5 Å². The van der Waals surface area contributed by atoms with Crippen molar-refractivity contribution in [2.45, 2.75) is 17.8 Å². The molecule has 0 aromatic heterocycles. The minimum atomic E-state index is -1.30. The number of rotatable bonds is 7. The van der Waals surface area contributed by atoms with Gasteiger partial charge in [-0.2, -0.15) is 0 Å². The molecular weight excluding hydrogens is 438 g/mol. The van der Waals surface area contributed by atoms with Gasteiger partial charge in [0, 0.05) is 24.3 Å². The van der Waals surface area contributed by atoms with Crippen molar-refractivity contribution in [3.63, 3.8) is 0 Å². The Bertz CT molecular complexity index is 966. The van der Waals surface area contributed by atoms with Crippen molar-refractivity contribution in [3.05, 3.63) is 50.7 Å². The second-order valence-corrected chi connectivity index (χ2v) is 8.01. The Morgan fingerprint density at radius 3 is 2.63 bits per heavy atom. The molecule has 13 heteroatoms. The molecule has 2 atom stereocenters. The predicted molar refractivity (Wildman–Crippen MR) is 108 cm³/mol. The van der Waals surface area contributed by atoms with Crippen LogP contribution in [0.2, 0.25) is 0 Å². The van der Waals surface area contributed by atoms with Gasteiger partial charge in [0.1, 0.15) is 17.1 Å². The van der Waals surface area contributed by atoms with Gasteiger partial charge >= 0.3 is 5.97 Å². The first kappa shape index (κ1) is 21.6. The number of non-ortho nitro benzene ring substituents is 1. The van der Waals surface area contributed by atoms with Crippen LogP contribution in [-0.2, 0) is 20.8 Å². The van der Waals surface area contributed by atoms with Crippen molar-refractivity contribution >= 4 is 52.7 Å². The summed E-state index contributed by atoms with van der Waals surface area (Å²) in [7, 11) is 0. The number of fused-ring (bicyclic) bond motifs is 1. The SMILES string of the molecule is N=C(Cc1ccc([N+](=O)[O-])cc1)NCC(=O)NC1C(=O)N2C(C(=O)O)=C(Cl)CS[C@@H]12. The predicted octanol–water partition coefficient (Wildman–Crippen LogP) is 0.639. The van der Waals surface area contributed by atoms with E-state index in [0.29, 0.717) is 5.56 Å². The van der Waals surface area contributed by atoms with Crippen LogP contribution in [0.25, 0.3) is 0 Å². The summed E-state index contributed by atoms with van der Waals surface area (Å²) in [5, 5.41) is 32.4.